The van der Waals surface area contributed by atoms with Gasteiger partial charge in [0.05, 0.1) is 12.6 Å². The summed E-state index contributed by atoms with van der Waals surface area (Å²) in [5.41, 5.74) is 9.99. The number of nitrogens with zero attached hydrogens (tertiary/aromatic N) is 3. The zero-order valence-corrected chi connectivity index (χ0v) is 22.7. The Morgan fingerprint density at radius 3 is 2.45 bits per heavy atom. The van der Waals surface area contributed by atoms with Gasteiger partial charge in [-0.15, -0.1) is 10.6 Å². The summed E-state index contributed by atoms with van der Waals surface area (Å²) in [5.74, 6) is 0.280. The highest BCUT2D eigenvalue weighted by Gasteiger charge is 2.50. The maximum atomic E-state index is 14.1. The summed E-state index contributed by atoms with van der Waals surface area (Å²) in [6.45, 7) is 2.38. The number of hydrogen-bond acceptors (Lipinski definition) is 7. The number of carbonyl (C=O) groups is 2. The van der Waals surface area contributed by atoms with Crippen LogP contribution in [0.5, 0.6) is 0 Å². The number of carbonyl (C=O) groups excluding carboxylic acids is 2. The molecular weight excluding hydrogens is 525 g/mol. The fourth-order valence-corrected chi connectivity index (χ4v) is 6.07. The molecule has 2 heterocycles. The van der Waals surface area contributed by atoms with Gasteiger partial charge in [-0.2, -0.15) is 0 Å². The van der Waals surface area contributed by atoms with Crippen molar-refractivity contribution in [3.05, 3.63) is 69.2 Å². The molecule has 11 heteroatoms. The normalized spacial score (nSPS) is 19.0. The Hall–Kier alpha value is -3.14. The molecule has 38 heavy (non-hydrogen) atoms. The van der Waals surface area contributed by atoms with Gasteiger partial charge in [-0.05, 0) is 68.0 Å². The molecule has 3 aliphatic rings. The Morgan fingerprint density at radius 1 is 1.11 bits per heavy atom. The second-order valence-corrected chi connectivity index (χ2v) is 10.7. The molecule has 1 atom stereocenters. The minimum atomic E-state index is -0.591. The van der Waals surface area contributed by atoms with E-state index in [1.165, 1.54) is 0 Å². The average Bonchev–Trinajstić information content (AvgIpc) is 3.52. The largest absolute Gasteiger partial charge is 0.345 e. The van der Waals surface area contributed by atoms with Gasteiger partial charge in [0.25, 0.3) is 11.8 Å². The molecule has 0 radical (unpaired) electrons. The lowest BCUT2D eigenvalue weighted by Gasteiger charge is -2.44. The Morgan fingerprint density at radius 2 is 1.82 bits per heavy atom. The number of hydrazine groups is 2. The van der Waals surface area contributed by atoms with E-state index in [0.717, 1.165) is 50.5 Å². The maximum Gasteiger partial charge on any atom is 0.275 e. The molecule has 1 aliphatic carbocycles. The Bertz CT molecular complexity index is 1250. The van der Waals surface area contributed by atoms with Crippen LogP contribution in [-0.2, 0) is 4.79 Å². The van der Waals surface area contributed by atoms with Crippen LogP contribution in [-0.4, -0.2) is 40.5 Å². The number of aliphatic imine (C=N–C) groups is 1. The maximum absolute atomic E-state index is 14.1. The van der Waals surface area contributed by atoms with E-state index in [9.17, 15) is 9.59 Å². The second-order valence-electron chi connectivity index (χ2n) is 9.87. The van der Waals surface area contributed by atoms with E-state index >= 15 is 0 Å². The van der Waals surface area contributed by atoms with Crippen molar-refractivity contribution in [2.24, 2.45) is 10.1 Å². The first kappa shape index (κ1) is 26.5. The van der Waals surface area contributed by atoms with Gasteiger partial charge in [0, 0.05) is 21.2 Å². The van der Waals surface area contributed by atoms with Gasteiger partial charge in [0.1, 0.15) is 11.4 Å². The summed E-state index contributed by atoms with van der Waals surface area (Å²) in [7, 11) is 0. The Labute approximate surface area is 232 Å². The standard InChI is InChI=1S/C27H31Cl2N7O2/c1-2-6-22(17-7-9-18(10-8-17)25(37)30-16-23-32-34-35-33-23)36-26(38)24(19-13-20(28)15-21(29)14-19)31-27(36)11-4-3-5-12-27/h7-10,13-15,22,34-35H,2-6,11-12,16H2,1H3,(H,30,37)(H,32,33)/t22-/m1/s1. The van der Waals surface area contributed by atoms with Crippen molar-refractivity contribution in [2.45, 2.75) is 63.6 Å². The third-order valence-corrected chi connectivity index (χ3v) is 7.72. The molecule has 9 nitrogen and oxygen atoms in total. The van der Waals surface area contributed by atoms with Crippen molar-refractivity contribution >= 4 is 46.6 Å². The molecule has 2 aliphatic heterocycles. The summed E-state index contributed by atoms with van der Waals surface area (Å²) in [6, 6.07) is 12.5. The predicted octanol–water partition coefficient (Wildman–Crippen LogP) is 4.48. The molecule has 0 aromatic heterocycles. The van der Waals surface area contributed by atoms with Gasteiger partial charge in [-0.1, -0.05) is 55.1 Å². The molecule has 2 aromatic rings. The number of rotatable bonds is 8. The lowest BCUT2D eigenvalue weighted by atomic mass is 9.86. The number of nitrogens with one attached hydrogen (secondary N) is 4. The summed E-state index contributed by atoms with van der Waals surface area (Å²) >= 11 is 12.6. The number of amides is 2. The number of hydrogen-bond donors (Lipinski definition) is 4. The van der Waals surface area contributed by atoms with Crippen molar-refractivity contribution < 1.29 is 9.59 Å². The molecule has 0 bridgehead atoms. The zero-order valence-electron chi connectivity index (χ0n) is 21.2. The average molecular weight is 556 g/mol. The molecule has 4 N–H and O–H groups in total. The monoisotopic (exact) mass is 555 g/mol. The van der Waals surface area contributed by atoms with Crippen LogP contribution in [0.4, 0.5) is 0 Å². The number of halogens is 2. The summed E-state index contributed by atoms with van der Waals surface area (Å²) in [6.07, 6.45) is 6.47. The third kappa shape index (κ3) is 5.36. The van der Waals surface area contributed by atoms with Crippen molar-refractivity contribution in [2.75, 3.05) is 6.54 Å². The number of amidine groups is 1. The van der Waals surface area contributed by atoms with Crippen molar-refractivity contribution in [3.8, 4) is 0 Å². The van der Waals surface area contributed by atoms with E-state index < -0.39 is 5.66 Å². The Balaban J connectivity index is 1.43. The second kappa shape index (κ2) is 11.3. The topological polar surface area (TPSA) is 110 Å². The van der Waals surface area contributed by atoms with Crippen molar-refractivity contribution in [3.63, 3.8) is 0 Å². The van der Waals surface area contributed by atoms with Crippen LogP contribution in [0.2, 0.25) is 10.0 Å². The first-order valence-electron chi connectivity index (χ1n) is 13.0. The van der Waals surface area contributed by atoms with Crippen LogP contribution in [0.15, 0.2) is 52.6 Å². The van der Waals surface area contributed by atoms with Gasteiger partial charge in [-0.25, -0.2) is 5.53 Å². The molecule has 2 amide bonds. The van der Waals surface area contributed by atoms with Gasteiger partial charge in [-0.3, -0.25) is 20.0 Å². The lowest BCUT2D eigenvalue weighted by molar-refractivity contribution is -0.132. The van der Waals surface area contributed by atoms with E-state index in [4.69, 9.17) is 28.2 Å². The van der Waals surface area contributed by atoms with Crippen LogP contribution >= 0.6 is 23.2 Å². The minimum Gasteiger partial charge on any atom is -0.345 e. The molecule has 0 saturated heterocycles. The fraction of sp³-hybridized carbons (Fsp3) is 0.407. The van der Waals surface area contributed by atoms with Gasteiger partial charge < -0.3 is 10.2 Å². The van der Waals surface area contributed by atoms with Gasteiger partial charge in [0.2, 0.25) is 0 Å². The summed E-state index contributed by atoms with van der Waals surface area (Å²) in [5, 5.41) is 7.74. The fourth-order valence-electron chi connectivity index (χ4n) is 5.54. The van der Waals surface area contributed by atoms with Crippen LogP contribution < -0.4 is 21.8 Å². The van der Waals surface area contributed by atoms with E-state index in [2.05, 4.69) is 33.8 Å². The van der Waals surface area contributed by atoms with E-state index in [0.29, 0.717) is 32.7 Å². The molecule has 1 spiro atoms. The molecule has 200 valence electrons. The van der Waals surface area contributed by atoms with Crippen LogP contribution in [0, 0.1) is 0 Å². The van der Waals surface area contributed by atoms with Gasteiger partial charge >= 0.3 is 0 Å². The van der Waals surface area contributed by atoms with Crippen molar-refractivity contribution in [1.82, 2.24) is 26.7 Å². The molecule has 1 saturated carbocycles. The van der Waals surface area contributed by atoms with Crippen LogP contribution in [0.25, 0.3) is 0 Å². The molecule has 1 fully saturated rings. The first-order chi connectivity index (χ1) is 18.4. The molecule has 5 rings (SSSR count). The van der Waals surface area contributed by atoms with Crippen molar-refractivity contribution in [1.29, 1.82) is 0 Å². The Kier molecular flexibility index (Phi) is 7.88. The molecule has 0 unspecified atom stereocenters. The zero-order chi connectivity index (χ0) is 26.7. The SMILES string of the molecule is CCC[C@H](c1ccc(C(=O)NCC2=NNNN2)cc1)N1C(=O)C(c2cc(Cl)cc(Cl)c2)=NC12CCCCC2. The van der Waals surface area contributed by atoms with E-state index in [1.807, 2.05) is 17.0 Å². The van der Waals surface area contributed by atoms with Gasteiger partial charge in [0.15, 0.2) is 5.84 Å². The summed E-state index contributed by atoms with van der Waals surface area (Å²) < 4.78 is 0. The number of hydrazone groups is 1. The highest BCUT2D eigenvalue weighted by Crippen LogP contribution is 2.45. The highest BCUT2D eigenvalue weighted by molar-refractivity contribution is 6.47. The quantitative estimate of drug-likeness (QED) is 0.383. The van der Waals surface area contributed by atoms with E-state index in [-0.39, 0.29) is 24.4 Å². The smallest absolute Gasteiger partial charge is 0.275 e. The highest BCUT2D eigenvalue weighted by atomic mass is 35.5. The number of benzene rings is 2. The molecular formula is C27H31Cl2N7O2. The predicted molar refractivity (Wildman–Crippen MR) is 149 cm³/mol. The van der Waals surface area contributed by atoms with Crippen LogP contribution in [0.3, 0.4) is 0 Å². The first-order valence-corrected chi connectivity index (χ1v) is 13.8. The third-order valence-electron chi connectivity index (χ3n) is 7.28. The lowest BCUT2D eigenvalue weighted by Crippen LogP contribution is -2.50. The summed E-state index contributed by atoms with van der Waals surface area (Å²) in [4.78, 5) is 33.9. The van der Waals surface area contributed by atoms with E-state index in [1.54, 1.807) is 30.3 Å². The molecule has 2 aromatic carbocycles. The van der Waals surface area contributed by atoms with Crippen LogP contribution in [0.1, 0.15) is 79.4 Å². The minimum absolute atomic E-state index is 0.0995.